The van der Waals surface area contributed by atoms with E-state index in [-0.39, 0.29) is 12.1 Å². The van der Waals surface area contributed by atoms with Crippen LogP contribution in [0.2, 0.25) is 0 Å². The summed E-state index contributed by atoms with van der Waals surface area (Å²) >= 11 is 0. The largest absolute Gasteiger partial charge is 0.478 e. The van der Waals surface area contributed by atoms with Gasteiger partial charge in [-0.15, -0.1) is 0 Å². The number of aromatic nitrogens is 2. The molecule has 0 saturated heterocycles. The van der Waals surface area contributed by atoms with Crippen molar-refractivity contribution in [1.29, 1.82) is 0 Å². The van der Waals surface area contributed by atoms with E-state index in [0.29, 0.717) is 12.2 Å². The maximum atomic E-state index is 11.2. The van der Waals surface area contributed by atoms with Crippen molar-refractivity contribution in [3.63, 3.8) is 0 Å². The second-order valence-corrected chi connectivity index (χ2v) is 7.04. The summed E-state index contributed by atoms with van der Waals surface area (Å²) in [6.45, 7) is 4.11. The average molecular weight is 304 g/mol. The maximum absolute atomic E-state index is 11.2. The van der Waals surface area contributed by atoms with Crippen LogP contribution in [0.3, 0.4) is 0 Å². The molecule has 1 aromatic rings. The number of aromatic carboxylic acids is 1. The predicted octanol–water partition coefficient (Wildman–Crippen LogP) is -0.464. The smallest absolute Gasteiger partial charge is 0.339 e. The molecule has 0 radical (unpaired) electrons. The number of aryl methyl sites for hydroxylation is 1. The lowest BCUT2D eigenvalue weighted by molar-refractivity contribution is 0.0695. The van der Waals surface area contributed by atoms with Gasteiger partial charge in [-0.05, 0) is 13.8 Å². The van der Waals surface area contributed by atoms with Crippen LogP contribution in [0.5, 0.6) is 0 Å². The molecule has 114 valence electrons. The van der Waals surface area contributed by atoms with E-state index in [1.54, 1.807) is 20.9 Å². The fourth-order valence-electron chi connectivity index (χ4n) is 1.88. The Morgan fingerprint density at radius 1 is 1.50 bits per heavy atom. The van der Waals surface area contributed by atoms with Crippen molar-refractivity contribution in [2.75, 3.05) is 12.8 Å². The Labute approximate surface area is 118 Å². The number of carbonyl (C=O) groups is 1. The van der Waals surface area contributed by atoms with Crippen molar-refractivity contribution in [2.24, 2.45) is 7.05 Å². The summed E-state index contributed by atoms with van der Waals surface area (Å²) < 4.78 is 26.4. The fraction of sp³-hybridized carbons (Fsp3) is 0.636. The van der Waals surface area contributed by atoms with E-state index >= 15 is 0 Å². The zero-order valence-electron chi connectivity index (χ0n) is 12.0. The number of sulfonamides is 1. The molecule has 1 aromatic heterocycles. The normalized spacial score (nSPS) is 12.6. The highest BCUT2D eigenvalue weighted by Gasteiger charge is 2.22. The molecule has 0 atom stereocenters. The molecule has 0 aliphatic carbocycles. The Balaban J connectivity index is 2.65. The molecule has 20 heavy (non-hydrogen) atoms. The van der Waals surface area contributed by atoms with Gasteiger partial charge in [-0.25, -0.2) is 17.9 Å². The predicted molar refractivity (Wildman–Crippen MR) is 73.9 cm³/mol. The lowest BCUT2D eigenvalue weighted by Crippen LogP contribution is -2.49. The van der Waals surface area contributed by atoms with Crippen molar-refractivity contribution in [1.82, 2.24) is 19.8 Å². The number of hydrogen-bond acceptors (Lipinski definition) is 5. The van der Waals surface area contributed by atoms with Crippen molar-refractivity contribution >= 4 is 16.0 Å². The molecular weight excluding hydrogens is 284 g/mol. The Hall–Kier alpha value is -1.45. The standard InChI is InChI=1S/C11H20N4O4S/c1-11(2,14-20(4,18)19)7-12-6-9-8(10(16)17)5-13-15(9)3/h5,12,14H,6-7H2,1-4H3,(H,16,17). The number of hydrogen-bond donors (Lipinski definition) is 3. The first kappa shape index (κ1) is 16.6. The lowest BCUT2D eigenvalue weighted by Gasteiger charge is -2.25. The van der Waals surface area contributed by atoms with Gasteiger partial charge < -0.3 is 10.4 Å². The van der Waals surface area contributed by atoms with E-state index in [9.17, 15) is 13.2 Å². The van der Waals surface area contributed by atoms with Gasteiger partial charge in [-0.2, -0.15) is 5.10 Å². The van der Waals surface area contributed by atoms with E-state index in [2.05, 4.69) is 15.1 Å². The Morgan fingerprint density at radius 2 is 2.10 bits per heavy atom. The topological polar surface area (TPSA) is 113 Å². The van der Waals surface area contributed by atoms with Gasteiger partial charge in [0.05, 0.1) is 18.1 Å². The second kappa shape index (κ2) is 5.90. The highest BCUT2D eigenvalue weighted by Crippen LogP contribution is 2.08. The van der Waals surface area contributed by atoms with Gasteiger partial charge >= 0.3 is 5.97 Å². The van der Waals surface area contributed by atoms with Crippen LogP contribution < -0.4 is 10.0 Å². The van der Waals surface area contributed by atoms with E-state index in [0.717, 1.165) is 6.26 Å². The van der Waals surface area contributed by atoms with Crippen LogP contribution in [-0.4, -0.2) is 47.6 Å². The molecule has 3 N–H and O–H groups in total. The van der Waals surface area contributed by atoms with Gasteiger partial charge in [0.1, 0.15) is 5.56 Å². The molecule has 0 bridgehead atoms. The summed E-state index contributed by atoms with van der Waals surface area (Å²) in [5.74, 6) is -1.04. The number of nitrogens with zero attached hydrogens (tertiary/aromatic N) is 2. The zero-order chi connectivity index (χ0) is 15.6. The van der Waals surface area contributed by atoms with Crippen molar-refractivity contribution < 1.29 is 18.3 Å². The Bertz CT molecular complexity index is 592. The van der Waals surface area contributed by atoms with Crippen LogP contribution in [0, 0.1) is 0 Å². The summed E-state index contributed by atoms with van der Waals surface area (Å²) in [7, 11) is -1.64. The van der Waals surface area contributed by atoms with Crippen molar-refractivity contribution in [3.8, 4) is 0 Å². The van der Waals surface area contributed by atoms with E-state index in [1.165, 1.54) is 10.9 Å². The molecule has 0 spiro atoms. The molecule has 9 heteroatoms. The first-order valence-electron chi connectivity index (χ1n) is 5.96. The van der Waals surface area contributed by atoms with Gasteiger partial charge in [-0.1, -0.05) is 0 Å². The highest BCUT2D eigenvalue weighted by molar-refractivity contribution is 7.88. The van der Waals surface area contributed by atoms with E-state index in [4.69, 9.17) is 5.11 Å². The van der Waals surface area contributed by atoms with Gasteiger partial charge in [0.2, 0.25) is 10.0 Å². The van der Waals surface area contributed by atoms with Crippen LogP contribution in [0.4, 0.5) is 0 Å². The molecule has 0 unspecified atom stereocenters. The summed E-state index contributed by atoms with van der Waals surface area (Å²) in [6, 6.07) is 0. The first-order valence-corrected chi connectivity index (χ1v) is 7.85. The van der Waals surface area contributed by atoms with Crippen molar-refractivity contribution in [2.45, 2.75) is 25.9 Å². The summed E-state index contributed by atoms with van der Waals surface area (Å²) in [5, 5.41) is 16.0. The first-order chi connectivity index (χ1) is 9.02. The average Bonchev–Trinajstić information content (AvgIpc) is 2.56. The van der Waals surface area contributed by atoms with Crippen molar-refractivity contribution in [3.05, 3.63) is 17.5 Å². The molecule has 0 aromatic carbocycles. The number of carboxylic acid groups (broad SMARTS) is 1. The number of nitrogens with one attached hydrogen (secondary N) is 2. The molecule has 0 aliphatic heterocycles. The zero-order valence-corrected chi connectivity index (χ0v) is 12.8. The molecule has 0 amide bonds. The van der Waals surface area contributed by atoms with Gasteiger partial charge in [0.15, 0.2) is 0 Å². The molecular formula is C11H20N4O4S. The maximum Gasteiger partial charge on any atom is 0.339 e. The molecule has 0 fully saturated rings. The minimum absolute atomic E-state index is 0.133. The fourth-order valence-corrected chi connectivity index (χ4v) is 2.96. The molecule has 0 saturated carbocycles. The van der Waals surface area contributed by atoms with Gasteiger partial charge in [-0.3, -0.25) is 4.68 Å². The minimum Gasteiger partial charge on any atom is -0.478 e. The highest BCUT2D eigenvalue weighted by atomic mass is 32.2. The molecule has 8 nitrogen and oxygen atoms in total. The lowest BCUT2D eigenvalue weighted by atomic mass is 10.1. The van der Waals surface area contributed by atoms with E-state index in [1.807, 2.05) is 0 Å². The monoisotopic (exact) mass is 304 g/mol. The third-order valence-electron chi connectivity index (χ3n) is 2.61. The Morgan fingerprint density at radius 3 is 2.60 bits per heavy atom. The van der Waals surface area contributed by atoms with Crippen LogP contribution in [0.15, 0.2) is 6.20 Å². The summed E-state index contributed by atoms with van der Waals surface area (Å²) in [6.07, 6.45) is 2.39. The number of carboxylic acids is 1. The summed E-state index contributed by atoms with van der Waals surface area (Å²) in [5.41, 5.74) is -0.00298. The SMILES string of the molecule is Cn1ncc(C(=O)O)c1CNCC(C)(C)NS(C)(=O)=O. The van der Waals surface area contributed by atoms with Crippen LogP contribution in [0.25, 0.3) is 0 Å². The number of rotatable bonds is 7. The van der Waals surface area contributed by atoms with Gasteiger partial charge in [0, 0.05) is 25.7 Å². The second-order valence-electron chi connectivity index (χ2n) is 5.30. The quantitative estimate of drug-likeness (QED) is 0.628. The van der Waals surface area contributed by atoms with Crippen LogP contribution in [0.1, 0.15) is 29.9 Å². The third-order valence-corrected chi connectivity index (χ3v) is 3.54. The van der Waals surface area contributed by atoms with Crippen LogP contribution >= 0.6 is 0 Å². The molecule has 1 heterocycles. The van der Waals surface area contributed by atoms with Gasteiger partial charge in [0.25, 0.3) is 0 Å². The summed E-state index contributed by atoms with van der Waals surface area (Å²) in [4.78, 5) is 11.0. The molecule has 0 aliphatic rings. The van der Waals surface area contributed by atoms with Crippen LogP contribution in [-0.2, 0) is 23.6 Å². The van der Waals surface area contributed by atoms with E-state index < -0.39 is 21.5 Å². The Kier molecular flexibility index (Phi) is 4.90. The third kappa shape index (κ3) is 4.91. The minimum atomic E-state index is -3.30. The molecule has 1 rings (SSSR count).